The minimum absolute atomic E-state index is 0.0157. The van der Waals surface area contributed by atoms with E-state index in [0.717, 1.165) is 22.5 Å². The lowest BCUT2D eigenvalue weighted by Crippen LogP contribution is -2.54. The van der Waals surface area contributed by atoms with E-state index in [-0.39, 0.29) is 36.3 Å². The second kappa shape index (κ2) is 7.77. The van der Waals surface area contributed by atoms with Gasteiger partial charge in [0.1, 0.15) is 16.4 Å². The molecule has 1 saturated carbocycles. The summed E-state index contributed by atoms with van der Waals surface area (Å²) in [4.78, 5) is -0.0725. The first kappa shape index (κ1) is 22.6. The molecule has 0 N–H and O–H groups in total. The smallest absolute Gasteiger partial charge is 0.254 e. The summed E-state index contributed by atoms with van der Waals surface area (Å²) in [6.45, 7) is 0.0157. The van der Waals surface area contributed by atoms with E-state index in [1.165, 1.54) is 31.3 Å². The molecule has 1 heterocycles. The van der Waals surface area contributed by atoms with E-state index in [1.807, 2.05) is 0 Å². The summed E-state index contributed by atoms with van der Waals surface area (Å²) in [6.07, 6.45) is -0.923. The number of rotatable bonds is 3. The molecule has 11 heteroatoms. The molecule has 31 heavy (non-hydrogen) atoms. The van der Waals surface area contributed by atoms with Crippen molar-refractivity contribution in [3.8, 4) is 0 Å². The van der Waals surface area contributed by atoms with Gasteiger partial charge in [0.15, 0.2) is 9.84 Å². The summed E-state index contributed by atoms with van der Waals surface area (Å²) in [7, 11) is -6.79. The Balaban J connectivity index is 1.88. The van der Waals surface area contributed by atoms with E-state index in [4.69, 9.17) is 15.8 Å². The first-order valence-corrected chi connectivity index (χ1v) is 12.8. The van der Waals surface area contributed by atoms with Crippen LogP contribution in [0.5, 0.6) is 0 Å². The van der Waals surface area contributed by atoms with E-state index in [2.05, 4.69) is 0 Å². The molecular formula is C20H20ClF2NO5S2. The third-order valence-corrected chi connectivity index (χ3v) is 10.3. The molecule has 0 bridgehead atoms. The molecule has 2 aromatic carbocycles. The van der Waals surface area contributed by atoms with Gasteiger partial charge in [0, 0.05) is 30.1 Å². The Morgan fingerprint density at radius 2 is 1.84 bits per heavy atom. The van der Waals surface area contributed by atoms with Crippen LogP contribution in [-0.4, -0.2) is 40.8 Å². The molecule has 0 spiro atoms. The Labute approximate surface area is 184 Å². The van der Waals surface area contributed by atoms with Crippen molar-refractivity contribution in [1.29, 1.82) is 0 Å². The standard InChI is InChI=1S/C20H20ClF2NO5S2/c1-24-12-13-11-20(9-8-19(13)29-31(24,27)28,17-10-15(22)4-7-18(17)23)30(25,26)16-5-2-14(21)3-6-16/h2-7,10,13,19H,8-9,11-12H2,1H3/t13-,19-,20+/m0/s1. The van der Waals surface area contributed by atoms with Crippen LogP contribution in [0.3, 0.4) is 0 Å². The van der Waals surface area contributed by atoms with Crippen LogP contribution >= 0.6 is 11.6 Å². The topological polar surface area (TPSA) is 80.8 Å². The number of fused-ring (bicyclic) bond motifs is 1. The Morgan fingerprint density at radius 1 is 1.16 bits per heavy atom. The quantitative estimate of drug-likeness (QED) is 0.654. The van der Waals surface area contributed by atoms with Crippen LogP contribution in [-0.2, 0) is 29.1 Å². The number of benzene rings is 2. The third-order valence-electron chi connectivity index (χ3n) is 6.13. The molecule has 2 aromatic rings. The molecule has 1 saturated heterocycles. The minimum atomic E-state index is -4.22. The van der Waals surface area contributed by atoms with Crippen molar-refractivity contribution >= 4 is 31.7 Å². The zero-order chi connectivity index (χ0) is 22.6. The van der Waals surface area contributed by atoms with E-state index < -0.39 is 48.5 Å². The highest BCUT2D eigenvalue weighted by atomic mass is 35.5. The fourth-order valence-electron chi connectivity index (χ4n) is 4.55. The molecular weight excluding hydrogens is 472 g/mol. The summed E-state index contributed by atoms with van der Waals surface area (Å²) < 4.78 is 85.4. The van der Waals surface area contributed by atoms with Crippen LogP contribution in [0, 0.1) is 17.6 Å². The van der Waals surface area contributed by atoms with Gasteiger partial charge in [-0.05, 0) is 61.7 Å². The van der Waals surface area contributed by atoms with Crippen LogP contribution in [0.15, 0.2) is 47.4 Å². The molecule has 1 aliphatic carbocycles. The summed E-state index contributed by atoms with van der Waals surface area (Å²) in [5, 5.41) is 0.334. The average molecular weight is 492 g/mol. The van der Waals surface area contributed by atoms with Crippen LogP contribution in [0.25, 0.3) is 0 Å². The maximum absolute atomic E-state index is 14.9. The van der Waals surface area contributed by atoms with Gasteiger partial charge in [-0.1, -0.05) is 11.6 Å². The second-order valence-electron chi connectivity index (χ2n) is 7.95. The molecule has 6 nitrogen and oxygen atoms in total. The first-order chi connectivity index (χ1) is 14.5. The zero-order valence-electron chi connectivity index (χ0n) is 16.5. The predicted octanol–water partition coefficient (Wildman–Crippen LogP) is 3.66. The monoisotopic (exact) mass is 491 g/mol. The van der Waals surface area contributed by atoms with Crippen molar-refractivity contribution in [1.82, 2.24) is 4.31 Å². The highest BCUT2D eigenvalue weighted by Gasteiger charge is 2.55. The van der Waals surface area contributed by atoms with E-state index in [9.17, 15) is 25.6 Å². The Kier molecular flexibility index (Phi) is 5.66. The molecule has 1 aliphatic heterocycles. The molecule has 0 radical (unpaired) electrons. The van der Waals surface area contributed by atoms with Crippen molar-refractivity contribution < 1.29 is 29.8 Å². The molecule has 0 aromatic heterocycles. The Morgan fingerprint density at radius 3 is 2.52 bits per heavy atom. The predicted molar refractivity (Wildman–Crippen MR) is 110 cm³/mol. The van der Waals surface area contributed by atoms with Crippen molar-refractivity contribution in [3.63, 3.8) is 0 Å². The minimum Gasteiger partial charge on any atom is -0.254 e. The number of halogens is 3. The lowest BCUT2D eigenvalue weighted by Gasteiger charge is -2.47. The summed E-state index contributed by atoms with van der Waals surface area (Å²) >= 11 is 5.90. The van der Waals surface area contributed by atoms with Crippen LogP contribution < -0.4 is 0 Å². The van der Waals surface area contributed by atoms with Gasteiger partial charge in [0.25, 0.3) is 0 Å². The normalized spacial score (nSPS) is 28.8. The fourth-order valence-corrected chi connectivity index (χ4v) is 7.97. The van der Waals surface area contributed by atoms with Crippen LogP contribution in [0.4, 0.5) is 8.78 Å². The maximum atomic E-state index is 14.9. The van der Waals surface area contributed by atoms with E-state index in [1.54, 1.807) is 0 Å². The fraction of sp³-hybridized carbons (Fsp3) is 0.400. The molecule has 168 valence electrons. The van der Waals surface area contributed by atoms with Crippen molar-refractivity contribution in [2.75, 3.05) is 13.6 Å². The van der Waals surface area contributed by atoms with Gasteiger partial charge >= 0.3 is 10.3 Å². The van der Waals surface area contributed by atoms with Crippen molar-refractivity contribution in [3.05, 3.63) is 64.7 Å². The molecule has 3 atom stereocenters. The molecule has 0 unspecified atom stereocenters. The highest BCUT2D eigenvalue weighted by Crippen LogP contribution is 2.51. The van der Waals surface area contributed by atoms with Gasteiger partial charge in [-0.25, -0.2) is 17.2 Å². The van der Waals surface area contributed by atoms with Gasteiger partial charge in [0.05, 0.1) is 11.0 Å². The third kappa shape index (κ3) is 3.78. The van der Waals surface area contributed by atoms with Crippen LogP contribution in [0.2, 0.25) is 5.02 Å². The summed E-state index contributed by atoms with van der Waals surface area (Å²) in [5.41, 5.74) is -0.267. The molecule has 0 amide bonds. The molecule has 4 rings (SSSR count). The SMILES string of the molecule is CN1C[C@@H]2C[C@](c3cc(F)ccc3F)(S(=O)(=O)c3ccc(Cl)cc3)CC[C@@H]2OS1(=O)=O. The van der Waals surface area contributed by atoms with Crippen LogP contribution in [0.1, 0.15) is 24.8 Å². The number of sulfone groups is 1. The van der Waals surface area contributed by atoms with Gasteiger partial charge in [0.2, 0.25) is 0 Å². The summed E-state index contributed by atoms with van der Waals surface area (Å²) in [6, 6.07) is 8.24. The average Bonchev–Trinajstić information content (AvgIpc) is 2.70. The maximum Gasteiger partial charge on any atom is 0.338 e. The first-order valence-electron chi connectivity index (χ1n) is 9.56. The second-order valence-corrected chi connectivity index (χ2v) is 12.3. The number of nitrogens with zero attached hydrogens (tertiary/aromatic N) is 1. The zero-order valence-corrected chi connectivity index (χ0v) is 18.9. The molecule has 2 aliphatic rings. The number of hydrogen-bond donors (Lipinski definition) is 0. The molecule has 2 fully saturated rings. The van der Waals surface area contributed by atoms with Crippen molar-refractivity contribution in [2.24, 2.45) is 5.92 Å². The van der Waals surface area contributed by atoms with Gasteiger partial charge in [-0.15, -0.1) is 0 Å². The lowest BCUT2D eigenvalue weighted by molar-refractivity contribution is 0.0370. The Bertz CT molecular complexity index is 1220. The van der Waals surface area contributed by atoms with Gasteiger partial charge in [-0.3, -0.25) is 4.18 Å². The summed E-state index contributed by atoms with van der Waals surface area (Å²) in [5.74, 6) is -2.12. The Hall–Kier alpha value is -1.59. The van der Waals surface area contributed by atoms with Crippen molar-refractivity contribution in [2.45, 2.75) is 35.0 Å². The largest absolute Gasteiger partial charge is 0.338 e. The lowest BCUT2D eigenvalue weighted by atomic mass is 9.75. The van der Waals surface area contributed by atoms with Gasteiger partial charge in [-0.2, -0.15) is 12.7 Å². The van der Waals surface area contributed by atoms with E-state index >= 15 is 0 Å². The van der Waals surface area contributed by atoms with E-state index in [0.29, 0.717) is 5.02 Å². The number of hydrogen-bond acceptors (Lipinski definition) is 5. The van der Waals surface area contributed by atoms with Gasteiger partial charge < -0.3 is 0 Å². The highest BCUT2D eigenvalue weighted by molar-refractivity contribution is 7.92.